The van der Waals surface area contributed by atoms with Crippen LogP contribution in [0.25, 0.3) is 0 Å². The van der Waals surface area contributed by atoms with E-state index in [4.69, 9.17) is 0 Å². The summed E-state index contributed by atoms with van der Waals surface area (Å²) in [7, 11) is 0. The van der Waals surface area contributed by atoms with Gasteiger partial charge in [-0.1, -0.05) is 0 Å². The van der Waals surface area contributed by atoms with Crippen molar-refractivity contribution in [1.82, 2.24) is 0 Å². The van der Waals surface area contributed by atoms with Crippen molar-refractivity contribution in [2.45, 2.75) is 0 Å². The Kier molecular flexibility index (Phi) is 124. The van der Waals surface area contributed by atoms with Gasteiger partial charge in [-0.15, -0.1) is 0 Å². The summed E-state index contributed by atoms with van der Waals surface area (Å²) in [5, 5.41) is 0. The Balaban J connectivity index is 0. The van der Waals surface area contributed by atoms with Crippen LogP contribution in [0, 0.1) is 0 Å². The van der Waals surface area contributed by atoms with Gasteiger partial charge in [-0.2, -0.15) is 0 Å². The van der Waals surface area contributed by atoms with Crippen LogP contribution in [-0.2, 0) is 5.48 Å². The Morgan fingerprint density at radius 3 is 1.00 bits per heavy atom. The van der Waals surface area contributed by atoms with Crippen LogP contribution >= 0.6 is 0 Å². The van der Waals surface area contributed by atoms with Gasteiger partial charge in [-0.3, -0.25) is 0 Å². The molecule has 0 saturated carbocycles. The topological polar surface area (TPSA) is 58.5 Å². The average molecular weight is 112 g/mol. The molecule has 0 rings (SSSR count). The molecule has 0 unspecified atom stereocenters. The predicted molar refractivity (Wildman–Crippen MR) is 8.38 cm³/mol. The standard InChI is InChI=1S/Ca.K.H2O.O/h;;1H2;/q+2;+1;;-2/p-1. The Morgan fingerprint density at radius 2 is 1.00 bits per heavy atom. The summed E-state index contributed by atoms with van der Waals surface area (Å²) in [4.78, 5) is 0. The molecule has 0 aliphatic heterocycles. The maximum Gasteiger partial charge on any atom is 2.00 e. The molecule has 0 radical (unpaired) electrons. The van der Waals surface area contributed by atoms with E-state index in [-0.39, 0.29) is 100 Å². The van der Waals surface area contributed by atoms with E-state index in [1.165, 1.54) is 0 Å². The summed E-state index contributed by atoms with van der Waals surface area (Å²) in [6.45, 7) is 0. The van der Waals surface area contributed by atoms with Crippen molar-refractivity contribution in [1.29, 1.82) is 0 Å². The fourth-order valence-corrected chi connectivity index (χ4v) is 0. The maximum absolute atomic E-state index is 0. The second kappa shape index (κ2) is 17.0. The van der Waals surface area contributed by atoms with Crippen LogP contribution in [-0.4, -0.2) is 43.2 Å². The molecule has 0 atom stereocenters. The van der Waals surface area contributed by atoms with Gasteiger partial charge in [0.05, 0.1) is 0 Å². The Bertz CT molecular complexity index is 6.00. The van der Waals surface area contributed by atoms with E-state index in [1.807, 2.05) is 0 Å². The van der Waals surface area contributed by atoms with Crippen molar-refractivity contribution in [2.24, 2.45) is 0 Å². The van der Waals surface area contributed by atoms with Crippen LogP contribution in [0.15, 0.2) is 0 Å². The van der Waals surface area contributed by atoms with E-state index < -0.39 is 0 Å². The molecule has 0 bridgehead atoms. The van der Waals surface area contributed by atoms with Crippen LogP contribution in [0.2, 0.25) is 0 Å². The second-order valence-corrected chi connectivity index (χ2v) is 0. The van der Waals surface area contributed by atoms with Crippen LogP contribution in [0.3, 0.4) is 0 Å². The molecule has 0 saturated heterocycles. The zero-order chi connectivity index (χ0) is 0. The van der Waals surface area contributed by atoms with E-state index in [9.17, 15) is 0 Å². The maximum atomic E-state index is 0. The first kappa shape index (κ1) is 29.1. The van der Waals surface area contributed by atoms with Crippen LogP contribution in [0.4, 0.5) is 0 Å². The molecule has 0 fully saturated rings. The monoisotopic (exact) mass is 112 g/mol. The normalized spacial score (nSPS) is 0. The summed E-state index contributed by atoms with van der Waals surface area (Å²) in [6.07, 6.45) is 0. The summed E-state index contributed by atoms with van der Waals surface area (Å²) in [5.74, 6) is 0. The third kappa shape index (κ3) is 8.84. The summed E-state index contributed by atoms with van der Waals surface area (Å²) in [6, 6.07) is 0. The van der Waals surface area contributed by atoms with E-state index in [0.29, 0.717) is 0 Å². The third-order valence-electron chi connectivity index (χ3n) is 0. The minimum absolute atomic E-state index is 0. The summed E-state index contributed by atoms with van der Waals surface area (Å²) >= 11 is 0. The van der Waals surface area contributed by atoms with Gasteiger partial charge in [0.15, 0.2) is 0 Å². The van der Waals surface area contributed by atoms with Crippen LogP contribution in [0.5, 0.6) is 0 Å². The first-order chi connectivity index (χ1) is 0. The van der Waals surface area contributed by atoms with Crippen molar-refractivity contribution in [3.63, 3.8) is 0 Å². The van der Waals surface area contributed by atoms with Gasteiger partial charge in [0.1, 0.15) is 0 Å². The van der Waals surface area contributed by atoms with Gasteiger partial charge in [0.25, 0.3) is 0 Å². The molecule has 0 amide bonds. The van der Waals surface area contributed by atoms with E-state index >= 15 is 0 Å². The molecule has 4 heteroatoms. The van der Waals surface area contributed by atoms with E-state index in [0.717, 1.165) is 0 Å². The van der Waals surface area contributed by atoms with Gasteiger partial charge in [-0.05, 0) is 0 Å². The fraction of sp³-hybridized carbons (Fsp3) is 0. The molecular formula is HCaKO2. The van der Waals surface area contributed by atoms with E-state index in [1.54, 1.807) is 0 Å². The van der Waals surface area contributed by atoms with Crippen molar-refractivity contribution >= 4 is 37.7 Å². The van der Waals surface area contributed by atoms with Crippen molar-refractivity contribution in [2.75, 3.05) is 0 Å². The van der Waals surface area contributed by atoms with Crippen molar-refractivity contribution in [3.8, 4) is 0 Å². The first-order valence-electron chi connectivity index (χ1n) is 0. The largest absolute Gasteiger partial charge is 2.00 e. The molecular weight excluding hydrogens is 111 g/mol. The minimum Gasteiger partial charge on any atom is -2.00 e. The van der Waals surface area contributed by atoms with Gasteiger partial charge >= 0.3 is 89.1 Å². The zero-order valence-corrected chi connectivity index (χ0v) is 7.89. The Labute approximate surface area is 97.4 Å². The molecule has 1 N–H and O–H groups in total. The molecule has 0 aromatic heterocycles. The molecule has 0 aliphatic rings. The number of hydrogen-bond donors (Lipinski definition) is 0. The summed E-state index contributed by atoms with van der Waals surface area (Å²) in [5.41, 5.74) is 0. The van der Waals surface area contributed by atoms with Gasteiger partial charge in [0, 0.05) is 0 Å². The van der Waals surface area contributed by atoms with Gasteiger partial charge in [-0.25, -0.2) is 0 Å². The van der Waals surface area contributed by atoms with Gasteiger partial charge < -0.3 is 11.0 Å². The Hall–Kier alpha value is 2.82. The molecule has 2 nitrogen and oxygen atoms in total. The molecule has 16 valence electrons. The molecule has 4 heavy (non-hydrogen) atoms. The van der Waals surface area contributed by atoms with Crippen LogP contribution < -0.4 is 51.4 Å². The quantitative estimate of drug-likeness (QED) is 0.298. The Morgan fingerprint density at radius 1 is 1.00 bits per heavy atom. The summed E-state index contributed by atoms with van der Waals surface area (Å²) < 4.78 is 0. The fourth-order valence-electron chi connectivity index (χ4n) is 0. The zero-order valence-electron chi connectivity index (χ0n) is 2.56. The molecule has 0 aromatic rings. The molecule has 0 spiro atoms. The smallest absolute Gasteiger partial charge is 2.00 e. The van der Waals surface area contributed by atoms with Gasteiger partial charge in [0.2, 0.25) is 0 Å². The minimum atomic E-state index is 0. The predicted octanol–water partition coefficient (Wildman–Crippen LogP) is -3.67. The average Bonchev–Trinajstić information content (AvgIpc) is 0. The first-order valence-corrected chi connectivity index (χ1v) is 0. The van der Waals surface area contributed by atoms with E-state index in [2.05, 4.69) is 0 Å². The number of rotatable bonds is 0. The second-order valence-electron chi connectivity index (χ2n) is 0. The molecule has 0 heterocycles. The SMILES string of the molecule is [Ca+2].[K+].[O-2].[OH-]. The molecule has 0 aliphatic carbocycles. The van der Waals surface area contributed by atoms with Crippen molar-refractivity contribution in [3.05, 3.63) is 0 Å². The number of hydrogen-bond acceptors (Lipinski definition) is 1. The molecule has 0 aromatic carbocycles. The van der Waals surface area contributed by atoms with Crippen LogP contribution in [0.1, 0.15) is 0 Å². The van der Waals surface area contributed by atoms with Crippen molar-refractivity contribution < 1.29 is 62.3 Å². The third-order valence-corrected chi connectivity index (χ3v) is 0.